The molecule has 0 bridgehead atoms. The van der Waals surface area contributed by atoms with Crippen LogP contribution in [-0.2, 0) is 6.54 Å². The number of rotatable bonds is 7. The van der Waals surface area contributed by atoms with E-state index < -0.39 is 0 Å². The van der Waals surface area contributed by atoms with Crippen LogP contribution in [-0.4, -0.2) is 45.6 Å². The molecule has 1 fully saturated rings. The van der Waals surface area contributed by atoms with Crippen LogP contribution in [0.5, 0.6) is 0 Å². The largest absolute Gasteiger partial charge is 0.396 e. The van der Waals surface area contributed by atoms with Gasteiger partial charge in [0.05, 0.1) is 11.8 Å². The molecule has 1 unspecified atom stereocenters. The number of aliphatic hydroxyl groups excluding tert-OH is 1. The first kappa shape index (κ1) is 16.8. The van der Waals surface area contributed by atoms with Crippen LogP contribution in [0, 0.1) is 5.41 Å². The number of aliphatic hydroxyl groups is 1. The molecule has 2 rings (SSSR count). The van der Waals surface area contributed by atoms with Crippen LogP contribution in [0.25, 0.3) is 0 Å². The quantitative estimate of drug-likeness (QED) is 0.835. The summed E-state index contributed by atoms with van der Waals surface area (Å²) in [6, 6.07) is 0. The standard InChI is InChI=1S/C15H27N3O2S/c1-4-15(11-19)6-8-18(9-7-15)10-13-16-14(17-20-13)12(3)21-5-2/h12,19H,4-11H2,1-3H3. The lowest BCUT2D eigenvalue weighted by Crippen LogP contribution is -2.41. The molecule has 0 spiro atoms. The van der Waals surface area contributed by atoms with E-state index in [4.69, 9.17) is 4.52 Å². The molecular weight excluding hydrogens is 286 g/mol. The summed E-state index contributed by atoms with van der Waals surface area (Å²) >= 11 is 1.82. The minimum absolute atomic E-state index is 0.128. The minimum atomic E-state index is 0.128. The second-order valence-corrected chi connectivity index (χ2v) is 7.55. The first-order valence-electron chi connectivity index (χ1n) is 7.89. The summed E-state index contributed by atoms with van der Waals surface area (Å²) in [6.07, 6.45) is 3.14. The second kappa shape index (κ2) is 7.61. The molecule has 120 valence electrons. The van der Waals surface area contributed by atoms with E-state index >= 15 is 0 Å². The molecule has 0 radical (unpaired) electrons. The van der Waals surface area contributed by atoms with E-state index in [9.17, 15) is 5.11 Å². The van der Waals surface area contributed by atoms with Gasteiger partial charge in [-0.25, -0.2) is 0 Å². The maximum atomic E-state index is 9.57. The molecule has 0 aliphatic carbocycles. The van der Waals surface area contributed by atoms with Gasteiger partial charge < -0.3 is 9.63 Å². The van der Waals surface area contributed by atoms with Gasteiger partial charge in [-0.2, -0.15) is 16.7 Å². The van der Waals surface area contributed by atoms with E-state index in [-0.39, 0.29) is 10.7 Å². The summed E-state index contributed by atoms with van der Waals surface area (Å²) < 4.78 is 5.37. The Morgan fingerprint density at radius 3 is 2.67 bits per heavy atom. The molecule has 1 atom stereocenters. The molecule has 1 saturated heterocycles. The van der Waals surface area contributed by atoms with Gasteiger partial charge in [-0.3, -0.25) is 4.90 Å². The zero-order valence-electron chi connectivity index (χ0n) is 13.3. The number of hydrogen-bond donors (Lipinski definition) is 1. The minimum Gasteiger partial charge on any atom is -0.396 e. The summed E-state index contributed by atoms with van der Waals surface area (Å²) in [4.78, 5) is 6.86. The van der Waals surface area contributed by atoms with Gasteiger partial charge in [0.1, 0.15) is 0 Å². The lowest BCUT2D eigenvalue weighted by atomic mass is 9.77. The molecule has 1 aromatic heterocycles. The molecule has 1 N–H and O–H groups in total. The van der Waals surface area contributed by atoms with Crippen molar-refractivity contribution in [1.82, 2.24) is 15.0 Å². The third kappa shape index (κ3) is 4.20. The number of likely N-dealkylation sites (tertiary alicyclic amines) is 1. The van der Waals surface area contributed by atoms with Gasteiger partial charge in [0.2, 0.25) is 5.89 Å². The van der Waals surface area contributed by atoms with Crippen LogP contribution in [0.4, 0.5) is 0 Å². The van der Waals surface area contributed by atoms with Crippen molar-refractivity contribution < 1.29 is 9.63 Å². The van der Waals surface area contributed by atoms with Crippen molar-refractivity contribution in [2.75, 3.05) is 25.4 Å². The van der Waals surface area contributed by atoms with Crippen LogP contribution < -0.4 is 0 Å². The molecule has 0 aromatic carbocycles. The molecule has 6 heteroatoms. The van der Waals surface area contributed by atoms with Gasteiger partial charge in [0, 0.05) is 6.61 Å². The van der Waals surface area contributed by atoms with Gasteiger partial charge in [0.15, 0.2) is 5.82 Å². The highest BCUT2D eigenvalue weighted by Crippen LogP contribution is 2.34. The van der Waals surface area contributed by atoms with Crippen LogP contribution in [0.15, 0.2) is 4.52 Å². The van der Waals surface area contributed by atoms with Crippen molar-refractivity contribution in [2.45, 2.75) is 51.8 Å². The average molecular weight is 313 g/mol. The Balaban J connectivity index is 1.86. The highest BCUT2D eigenvalue weighted by molar-refractivity contribution is 7.99. The molecule has 0 saturated carbocycles. The molecule has 5 nitrogen and oxygen atoms in total. The SMILES string of the molecule is CCSC(C)c1noc(CN2CCC(CC)(CO)CC2)n1. The van der Waals surface area contributed by atoms with E-state index in [1.807, 2.05) is 11.8 Å². The average Bonchev–Trinajstić information content (AvgIpc) is 2.97. The fraction of sp³-hybridized carbons (Fsp3) is 0.867. The molecule has 1 aromatic rings. The number of hydrogen-bond acceptors (Lipinski definition) is 6. The van der Waals surface area contributed by atoms with Crippen molar-refractivity contribution in [3.8, 4) is 0 Å². The van der Waals surface area contributed by atoms with E-state index in [1.54, 1.807) is 0 Å². The summed E-state index contributed by atoms with van der Waals surface area (Å²) in [5.41, 5.74) is 0.128. The van der Waals surface area contributed by atoms with Crippen molar-refractivity contribution in [1.29, 1.82) is 0 Å². The van der Waals surface area contributed by atoms with Crippen molar-refractivity contribution in [2.24, 2.45) is 5.41 Å². The van der Waals surface area contributed by atoms with Crippen LogP contribution >= 0.6 is 11.8 Å². The number of thioether (sulfide) groups is 1. The molecule has 0 amide bonds. The Kier molecular flexibility index (Phi) is 6.08. The predicted octanol–water partition coefficient (Wildman–Crippen LogP) is 2.87. The Bertz CT molecular complexity index is 424. The van der Waals surface area contributed by atoms with Crippen LogP contribution in [0.3, 0.4) is 0 Å². The smallest absolute Gasteiger partial charge is 0.240 e. The lowest BCUT2D eigenvalue weighted by molar-refractivity contribution is 0.0348. The monoisotopic (exact) mass is 313 g/mol. The highest BCUT2D eigenvalue weighted by atomic mass is 32.2. The Morgan fingerprint density at radius 2 is 2.10 bits per heavy atom. The van der Waals surface area contributed by atoms with Crippen molar-refractivity contribution >= 4 is 11.8 Å². The van der Waals surface area contributed by atoms with Crippen LogP contribution in [0.2, 0.25) is 0 Å². The third-order valence-electron chi connectivity index (χ3n) is 4.63. The first-order valence-corrected chi connectivity index (χ1v) is 8.94. The Hall–Kier alpha value is -0.590. The van der Waals surface area contributed by atoms with Crippen molar-refractivity contribution in [3.05, 3.63) is 11.7 Å². The molecule has 2 heterocycles. The fourth-order valence-electron chi connectivity index (χ4n) is 2.82. The maximum Gasteiger partial charge on any atom is 0.240 e. The summed E-state index contributed by atoms with van der Waals surface area (Å²) in [5, 5.41) is 13.9. The zero-order chi connectivity index (χ0) is 15.3. The zero-order valence-corrected chi connectivity index (χ0v) is 14.2. The van der Waals surface area contributed by atoms with Crippen molar-refractivity contribution in [3.63, 3.8) is 0 Å². The third-order valence-corrected chi connectivity index (χ3v) is 5.67. The van der Waals surface area contributed by atoms with E-state index in [2.05, 4.69) is 35.8 Å². The highest BCUT2D eigenvalue weighted by Gasteiger charge is 2.32. The van der Waals surface area contributed by atoms with E-state index in [1.165, 1.54) is 0 Å². The first-order chi connectivity index (χ1) is 10.1. The van der Waals surface area contributed by atoms with Gasteiger partial charge in [-0.05, 0) is 50.4 Å². The Morgan fingerprint density at radius 1 is 1.38 bits per heavy atom. The molecule has 21 heavy (non-hydrogen) atoms. The van der Waals surface area contributed by atoms with Crippen LogP contribution in [0.1, 0.15) is 57.0 Å². The predicted molar refractivity (Wildman–Crippen MR) is 85.2 cm³/mol. The normalized spacial score (nSPS) is 20.6. The summed E-state index contributed by atoms with van der Waals surface area (Å²) in [5.74, 6) is 2.56. The van der Waals surface area contributed by atoms with E-state index in [0.717, 1.165) is 50.5 Å². The summed E-state index contributed by atoms with van der Waals surface area (Å²) in [7, 11) is 0. The number of nitrogens with zero attached hydrogens (tertiary/aromatic N) is 3. The molecule has 1 aliphatic rings. The van der Waals surface area contributed by atoms with Gasteiger partial charge in [0.25, 0.3) is 0 Å². The second-order valence-electron chi connectivity index (χ2n) is 5.93. The number of aromatic nitrogens is 2. The summed E-state index contributed by atoms with van der Waals surface area (Å²) in [6.45, 7) is 9.42. The van der Waals surface area contributed by atoms with E-state index in [0.29, 0.717) is 12.5 Å². The van der Waals surface area contributed by atoms with Gasteiger partial charge in [-0.1, -0.05) is 19.0 Å². The molecular formula is C15H27N3O2S. The topological polar surface area (TPSA) is 62.4 Å². The molecule has 1 aliphatic heterocycles. The fourth-order valence-corrected chi connectivity index (χ4v) is 3.57. The van der Waals surface area contributed by atoms with Gasteiger partial charge >= 0.3 is 0 Å². The Labute approximate surface area is 131 Å². The lowest BCUT2D eigenvalue weighted by Gasteiger charge is -2.39. The van der Waals surface area contributed by atoms with Gasteiger partial charge in [-0.15, -0.1) is 0 Å². The number of piperidine rings is 1. The maximum absolute atomic E-state index is 9.57.